The Balaban J connectivity index is 4.11. The molecule has 0 saturated carbocycles. The van der Waals surface area contributed by atoms with E-state index in [4.69, 9.17) is 4.74 Å². The number of ether oxygens (including phenoxy) is 1. The van der Waals surface area contributed by atoms with Gasteiger partial charge in [-0.25, -0.2) is 4.79 Å². The van der Waals surface area contributed by atoms with E-state index in [1.54, 1.807) is 27.7 Å². The van der Waals surface area contributed by atoms with Crippen LogP contribution in [-0.4, -0.2) is 22.8 Å². The van der Waals surface area contributed by atoms with Crippen LogP contribution in [0.15, 0.2) is 12.2 Å². The SMILES string of the molecule is C=C(C)C(=O)OC(C)C(C)(C)O. The lowest BCUT2D eigenvalue weighted by Gasteiger charge is -2.25. The minimum absolute atomic E-state index is 0.339. The molecule has 0 heterocycles. The summed E-state index contributed by atoms with van der Waals surface area (Å²) in [6, 6.07) is 0. The molecule has 1 atom stereocenters. The van der Waals surface area contributed by atoms with Gasteiger partial charge in [0.2, 0.25) is 0 Å². The minimum atomic E-state index is -1.01. The summed E-state index contributed by atoms with van der Waals surface area (Å²) in [7, 11) is 0. The molecule has 0 aliphatic carbocycles. The van der Waals surface area contributed by atoms with Gasteiger partial charge >= 0.3 is 5.97 Å². The third-order valence-corrected chi connectivity index (χ3v) is 1.63. The van der Waals surface area contributed by atoms with Crippen LogP contribution >= 0.6 is 0 Å². The van der Waals surface area contributed by atoms with E-state index in [9.17, 15) is 9.90 Å². The number of carbonyl (C=O) groups is 1. The Bertz CT molecular complexity index is 188. The summed E-state index contributed by atoms with van der Waals surface area (Å²) in [6.45, 7) is 9.82. The lowest BCUT2D eigenvalue weighted by atomic mass is 10.0. The Labute approximate surface area is 73.0 Å². The van der Waals surface area contributed by atoms with Gasteiger partial charge in [0.25, 0.3) is 0 Å². The molecule has 0 aliphatic heterocycles. The van der Waals surface area contributed by atoms with Crippen LogP contribution in [0.3, 0.4) is 0 Å². The maximum absolute atomic E-state index is 11.0. The van der Waals surface area contributed by atoms with Crippen LogP contribution in [0.25, 0.3) is 0 Å². The van der Waals surface area contributed by atoms with Gasteiger partial charge in [-0.15, -0.1) is 0 Å². The van der Waals surface area contributed by atoms with Crippen LogP contribution in [0.5, 0.6) is 0 Å². The molecule has 3 nitrogen and oxygen atoms in total. The molecule has 0 fully saturated rings. The summed E-state index contributed by atoms with van der Waals surface area (Å²) in [5.74, 6) is -0.468. The van der Waals surface area contributed by atoms with Crippen molar-refractivity contribution in [2.45, 2.75) is 39.4 Å². The Morgan fingerprint density at radius 1 is 1.58 bits per heavy atom. The van der Waals surface area contributed by atoms with Gasteiger partial charge in [0, 0.05) is 5.57 Å². The van der Waals surface area contributed by atoms with E-state index in [1.807, 2.05) is 0 Å². The minimum Gasteiger partial charge on any atom is -0.456 e. The second-order valence-corrected chi connectivity index (χ2v) is 3.48. The number of carbonyl (C=O) groups excluding carboxylic acids is 1. The fraction of sp³-hybridized carbons (Fsp3) is 0.667. The van der Waals surface area contributed by atoms with Gasteiger partial charge in [0.15, 0.2) is 0 Å². The lowest BCUT2D eigenvalue weighted by molar-refractivity contribution is -0.154. The van der Waals surface area contributed by atoms with Crippen LogP contribution in [-0.2, 0) is 9.53 Å². The molecule has 70 valence electrons. The summed E-state index contributed by atoms with van der Waals surface area (Å²) in [6.07, 6.45) is -0.526. The van der Waals surface area contributed by atoms with Crippen LogP contribution in [0, 0.1) is 0 Å². The summed E-state index contributed by atoms with van der Waals surface area (Å²) in [5, 5.41) is 9.41. The number of esters is 1. The molecule has 0 spiro atoms. The van der Waals surface area contributed by atoms with Crippen LogP contribution < -0.4 is 0 Å². The van der Waals surface area contributed by atoms with E-state index < -0.39 is 17.7 Å². The highest BCUT2D eigenvalue weighted by Crippen LogP contribution is 2.12. The zero-order valence-corrected chi connectivity index (χ0v) is 8.05. The molecular weight excluding hydrogens is 156 g/mol. The second kappa shape index (κ2) is 3.72. The molecule has 0 radical (unpaired) electrons. The Morgan fingerprint density at radius 3 is 2.25 bits per heavy atom. The molecule has 0 amide bonds. The molecule has 1 unspecified atom stereocenters. The third kappa shape index (κ3) is 3.53. The highest BCUT2D eigenvalue weighted by molar-refractivity contribution is 5.87. The van der Waals surface area contributed by atoms with Crippen LogP contribution in [0.4, 0.5) is 0 Å². The Morgan fingerprint density at radius 2 is 2.00 bits per heavy atom. The number of hydrogen-bond donors (Lipinski definition) is 1. The molecule has 0 aliphatic rings. The predicted octanol–water partition coefficient (Wildman–Crippen LogP) is 1.27. The lowest BCUT2D eigenvalue weighted by Crippen LogP contribution is -2.37. The van der Waals surface area contributed by atoms with Crippen molar-refractivity contribution in [1.29, 1.82) is 0 Å². The average molecular weight is 172 g/mol. The molecule has 1 N–H and O–H groups in total. The highest BCUT2D eigenvalue weighted by Gasteiger charge is 2.25. The van der Waals surface area contributed by atoms with Gasteiger partial charge in [-0.05, 0) is 27.7 Å². The van der Waals surface area contributed by atoms with E-state index in [0.29, 0.717) is 5.57 Å². The van der Waals surface area contributed by atoms with Crippen molar-refractivity contribution in [3.63, 3.8) is 0 Å². The molecule has 0 rings (SSSR count). The van der Waals surface area contributed by atoms with E-state index in [-0.39, 0.29) is 0 Å². The highest BCUT2D eigenvalue weighted by atomic mass is 16.6. The van der Waals surface area contributed by atoms with E-state index in [0.717, 1.165) is 0 Å². The van der Waals surface area contributed by atoms with Gasteiger partial charge < -0.3 is 9.84 Å². The standard InChI is InChI=1S/C9H16O3/c1-6(2)8(10)12-7(3)9(4,5)11/h7,11H,1H2,2-5H3. The normalized spacial score (nSPS) is 13.8. The Hall–Kier alpha value is -0.830. The van der Waals surface area contributed by atoms with Crippen molar-refractivity contribution in [2.24, 2.45) is 0 Å². The number of aliphatic hydroxyl groups is 1. The van der Waals surface area contributed by atoms with Gasteiger partial charge in [-0.2, -0.15) is 0 Å². The smallest absolute Gasteiger partial charge is 0.333 e. The summed E-state index contributed by atoms with van der Waals surface area (Å²) >= 11 is 0. The van der Waals surface area contributed by atoms with Crippen molar-refractivity contribution in [2.75, 3.05) is 0 Å². The van der Waals surface area contributed by atoms with Crippen molar-refractivity contribution in [3.8, 4) is 0 Å². The first-order valence-corrected chi connectivity index (χ1v) is 3.84. The van der Waals surface area contributed by atoms with Crippen LogP contribution in [0.2, 0.25) is 0 Å². The quantitative estimate of drug-likeness (QED) is 0.515. The largest absolute Gasteiger partial charge is 0.456 e. The predicted molar refractivity (Wildman–Crippen MR) is 46.7 cm³/mol. The molecule has 0 bridgehead atoms. The first-order valence-electron chi connectivity index (χ1n) is 3.84. The maximum Gasteiger partial charge on any atom is 0.333 e. The first-order chi connectivity index (χ1) is 5.25. The average Bonchev–Trinajstić information content (AvgIpc) is 1.85. The van der Waals surface area contributed by atoms with Gasteiger partial charge in [-0.1, -0.05) is 6.58 Å². The second-order valence-electron chi connectivity index (χ2n) is 3.48. The van der Waals surface area contributed by atoms with Crippen molar-refractivity contribution in [1.82, 2.24) is 0 Å². The van der Waals surface area contributed by atoms with E-state index in [2.05, 4.69) is 6.58 Å². The third-order valence-electron chi connectivity index (χ3n) is 1.63. The van der Waals surface area contributed by atoms with Gasteiger partial charge in [-0.3, -0.25) is 0 Å². The molecular formula is C9H16O3. The zero-order valence-electron chi connectivity index (χ0n) is 8.05. The topological polar surface area (TPSA) is 46.5 Å². The molecule has 3 heteroatoms. The molecule has 0 aromatic rings. The molecule has 0 saturated heterocycles. The summed E-state index contributed by atoms with van der Waals surface area (Å²) in [5.41, 5.74) is -0.670. The number of rotatable bonds is 3. The zero-order chi connectivity index (χ0) is 9.94. The Kier molecular flexibility index (Phi) is 3.46. The molecule has 0 aromatic carbocycles. The first kappa shape index (κ1) is 11.2. The van der Waals surface area contributed by atoms with Crippen LogP contribution in [0.1, 0.15) is 27.7 Å². The maximum atomic E-state index is 11.0. The van der Waals surface area contributed by atoms with Gasteiger partial charge in [0.1, 0.15) is 6.10 Å². The molecule has 0 aromatic heterocycles. The number of hydrogen-bond acceptors (Lipinski definition) is 3. The summed E-state index contributed by atoms with van der Waals surface area (Å²) in [4.78, 5) is 11.0. The van der Waals surface area contributed by atoms with Crippen molar-refractivity contribution < 1.29 is 14.6 Å². The monoisotopic (exact) mass is 172 g/mol. The van der Waals surface area contributed by atoms with Crippen molar-refractivity contribution >= 4 is 5.97 Å². The summed E-state index contributed by atoms with van der Waals surface area (Å²) < 4.78 is 4.89. The van der Waals surface area contributed by atoms with Gasteiger partial charge in [0.05, 0.1) is 5.60 Å². The van der Waals surface area contributed by atoms with Crippen molar-refractivity contribution in [3.05, 3.63) is 12.2 Å². The molecule has 12 heavy (non-hydrogen) atoms. The fourth-order valence-electron chi connectivity index (χ4n) is 0.405. The van der Waals surface area contributed by atoms with E-state index in [1.165, 1.54) is 0 Å². The fourth-order valence-corrected chi connectivity index (χ4v) is 0.405. The van der Waals surface area contributed by atoms with E-state index >= 15 is 0 Å².